The summed E-state index contributed by atoms with van der Waals surface area (Å²) in [5.74, 6) is 0.225. The normalized spacial score (nSPS) is 17.4. The van der Waals surface area contributed by atoms with Crippen LogP contribution < -0.4 is 29.3 Å². The minimum Gasteiger partial charge on any atom is -1.00 e. The average molecular weight is 264 g/mol. The van der Waals surface area contributed by atoms with Gasteiger partial charge in [-0.15, -0.1) is 0 Å². The van der Waals surface area contributed by atoms with E-state index in [1.54, 1.807) is 0 Å². The summed E-state index contributed by atoms with van der Waals surface area (Å²) in [7, 11) is 0. The molecular weight excluding hydrogens is 253 g/mol. The van der Waals surface area contributed by atoms with Gasteiger partial charge in [-0.2, -0.15) is 0 Å². The molecule has 0 unspecified atom stereocenters. The topological polar surface area (TPSA) is 29.1 Å². The zero-order chi connectivity index (χ0) is 5.82. The van der Waals surface area contributed by atoms with Crippen LogP contribution in [-0.4, -0.2) is 35.5 Å². The van der Waals surface area contributed by atoms with E-state index in [1.165, 1.54) is 6.42 Å². The van der Waals surface area contributed by atoms with E-state index in [0.29, 0.717) is 0 Å². The Kier molecular flexibility index (Phi) is 10.9. The van der Waals surface area contributed by atoms with Crippen LogP contribution in [0.4, 0.5) is 0 Å². The number of amides is 1. The molecule has 1 saturated heterocycles. The number of nitrogens with one attached hydrogen (secondary N) is 1. The van der Waals surface area contributed by atoms with Gasteiger partial charge >= 0.3 is 23.1 Å². The second kappa shape index (κ2) is 8.07. The van der Waals surface area contributed by atoms with Crippen LogP contribution in [0.3, 0.4) is 0 Å². The molecule has 1 N–H and O–H groups in total. The molecule has 0 aromatic rings. The molecule has 1 amide bonds. The van der Waals surface area contributed by atoms with Crippen LogP contribution in [0.15, 0.2) is 0 Å². The Hall–Kier alpha value is 0.966. The van der Waals surface area contributed by atoms with Crippen LogP contribution in [0.25, 0.3) is 0 Å². The molecule has 1 fully saturated rings. The molecule has 0 radical (unpaired) electrons. The molecule has 4 heteroatoms. The van der Waals surface area contributed by atoms with E-state index in [-0.39, 0.29) is 52.9 Å². The van der Waals surface area contributed by atoms with Gasteiger partial charge in [-0.05, 0) is 12.8 Å². The fourth-order valence-corrected chi connectivity index (χ4v) is 0.904. The minimum absolute atomic E-state index is 0. The summed E-state index contributed by atoms with van der Waals surface area (Å²) < 4.78 is 0. The molecular formula is C6H11IMgNO+. The van der Waals surface area contributed by atoms with Gasteiger partial charge in [0, 0.05) is 13.0 Å². The Labute approximate surface area is 94.7 Å². The van der Waals surface area contributed by atoms with E-state index in [1.807, 2.05) is 0 Å². The van der Waals surface area contributed by atoms with Gasteiger partial charge in [0.15, 0.2) is 0 Å². The zero-order valence-corrected chi connectivity index (χ0v) is 9.60. The number of carbonyl (C=O) groups is 1. The Morgan fingerprint density at radius 2 is 1.90 bits per heavy atom. The van der Waals surface area contributed by atoms with Crippen molar-refractivity contribution in [1.82, 2.24) is 5.32 Å². The van der Waals surface area contributed by atoms with Crippen LogP contribution >= 0.6 is 0 Å². The first-order valence-corrected chi connectivity index (χ1v) is 3.16. The molecule has 1 heterocycles. The second-order valence-corrected chi connectivity index (χ2v) is 2.16. The Balaban J connectivity index is 0. The molecule has 0 saturated carbocycles. The maximum atomic E-state index is 10.6. The molecule has 1 rings (SSSR count). The van der Waals surface area contributed by atoms with E-state index in [0.717, 1.165) is 25.8 Å². The van der Waals surface area contributed by atoms with Crippen molar-refractivity contribution in [3.8, 4) is 0 Å². The molecule has 2 nitrogen and oxygen atoms in total. The summed E-state index contributed by atoms with van der Waals surface area (Å²) in [5, 5.41) is 2.81. The monoisotopic (exact) mass is 264 g/mol. The van der Waals surface area contributed by atoms with Crippen LogP contribution in [0.1, 0.15) is 25.7 Å². The SMILES string of the molecule is O=C1CCCCCN1.[I-].[Mg+2]. The van der Waals surface area contributed by atoms with Gasteiger partial charge in [-0.25, -0.2) is 0 Å². The van der Waals surface area contributed by atoms with Gasteiger partial charge in [0.25, 0.3) is 0 Å². The van der Waals surface area contributed by atoms with Crippen molar-refractivity contribution >= 4 is 29.0 Å². The standard InChI is InChI=1S/C6H11NO.HI.Mg/c8-6-4-2-1-3-5-7-6;;/h1-5H2,(H,7,8);1H;/q;;+2/p-1. The van der Waals surface area contributed by atoms with E-state index in [4.69, 9.17) is 0 Å². The van der Waals surface area contributed by atoms with Crippen LogP contribution in [-0.2, 0) is 4.79 Å². The predicted octanol–water partition coefficient (Wildman–Crippen LogP) is -2.70. The van der Waals surface area contributed by atoms with Crippen molar-refractivity contribution in [3.05, 3.63) is 0 Å². The largest absolute Gasteiger partial charge is 2.00 e. The fraction of sp³-hybridized carbons (Fsp3) is 0.833. The van der Waals surface area contributed by atoms with Gasteiger partial charge < -0.3 is 29.3 Å². The van der Waals surface area contributed by atoms with Gasteiger partial charge in [0.2, 0.25) is 5.91 Å². The van der Waals surface area contributed by atoms with Gasteiger partial charge in [0.05, 0.1) is 0 Å². The molecule has 1 aliphatic rings. The van der Waals surface area contributed by atoms with Crippen LogP contribution in [0.2, 0.25) is 0 Å². The Morgan fingerprint density at radius 1 is 1.20 bits per heavy atom. The summed E-state index contributed by atoms with van der Waals surface area (Å²) in [5.41, 5.74) is 0. The van der Waals surface area contributed by atoms with Crippen LogP contribution in [0.5, 0.6) is 0 Å². The summed E-state index contributed by atoms with van der Waals surface area (Å²) in [4.78, 5) is 10.6. The molecule has 0 spiro atoms. The van der Waals surface area contributed by atoms with Gasteiger partial charge in [-0.3, -0.25) is 4.79 Å². The third-order valence-corrected chi connectivity index (χ3v) is 1.40. The van der Waals surface area contributed by atoms with Crippen molar-refractivity contribution in [3.63, 3.8) is 0 Å². The minimum atomic E-state index is 0. The molecule has 0 aliphatic carbocycles. The van der Waals surface area contributed by atoms with E-state index >= 15 is 0 Å². The van der Waals surface area contributed by atoms with E-state index in [9.17, 15) is 4.79 Å². The molecule has 0 bridgehead atoms. The summed E-state index contributed by atoms with van der Waals surface area (Å²) >= 11 is 0. The third kappa shape index (κ3) is 5.73. The quantitative estimate of drug-likeness (QED) is 0.374. The number of hydrogen-bond acceptors (Lipinski definition) is 1. The molecule has 0 aromatic heterocycles. The van der Waals surface area contributed by atoms with Crippen molar-refractivity contribution < 1.29 is 28.8 Å². The van der Waals surface area contributed by atoms with Gasteiger partial charge in [-0.1, -0.05) is 6.42 Å². The van der Waals surface area contributed by atoms with E-state index < -0.39 is 0 Å². The summed E-state index contributed by atoms with van der Waals surface area (Å²) in [6.07, 6.45) is 4.18. The number of rotatable bonds is 0. The average Bonchev–Trinajstić information content (AvgIpc) is 1.94. The summed E-state index contributed by atoms with van der Waals surface area (Å²) in [6, 6.07) is 0. The smallest absolute Gasteiger partial charge is 1.00 e. The summed E-state index contributed by atoms with van der Waals surface area (Å²) in [6.45, 7) is 0.888. The zero-order valence-electron chi connectivity index (χ0n) is 6.03. The third-order valence-electron chi connectivity index (χ3n) is 1.40. The molecule has 10 heavy (non-hydrogen) atoms. The molecule has 54 valence electrons. The Morgan fingerprint density at radius 3 is 2.60 bits per heavy atom. The van der Waals surface area contributed by atoms with E-state index in [2.05, 4.69) is 5.32 Å². The van der Waals surface area contributed by atoms with Gasteiger partial charge in [0.1, 0.15) is 0 Å². The number of halogens is 1. The van der Waals surface area contributed by atoms with Crippen molar-refractivity contribution in [1.29, 1.82) is 0 Å². The van der Waals surface area contributed by atoms with Crippen molar-refractivity contribution in [2.75, 3.05) is 6.54 Å². The maximum Gasteiger partial charge on any atom is 2.00 e. The Bertz CT molecular complexity index is 89.7. The van der Waals surface area contributed by atoms with Crippen molar-refractivity contribution in [2.24, 2.45) is 0 Å². The fourth-order valence-electron chi connectivity index (χ4n) is 0.904. The number of carbonyl (C=O) groups excluding carboxylic acids is 1. The first-order valence-electron chi connectivity index (χ1n) is 3.16. The molecule has 0 aromatic carbocycles. The molecule has 0 atom stereocenters. The van der Waals surface area contributed by atoms with Crippen LogP contribution in [0, 0.1) is 0 Å². The number of hydrogen-bond donors (Lipinski definition) is 1. The first-order chi connectivity index (χ1) is 3.89. The molecule has 1 aliphatic heterocycles. The maximum absolute atomic E-state index is 10.6. The second-order valence-electron chi connectivity index (χ2n) is 2.16. The van der Waals surface area contributed by atoms with Crippen molar-refractivity contribution in [2.45, 2.75) is 25.7 Å². The predicted molar refractivity (Wildman–Crippen MR) is 37.2 cm³/mol. The first kappa shape index (κ1) is 13.5.